The van der Waals surface area contributed by atoms with E-state index in [0.717, 1.165) is 29.3 Å². The van der Waals surface area contributed by atoms with Gasteiger partial charge in [0.2, 0.25) is 0 Å². The van der Waals surface area contributed by atoms with Gasteiger partial charge in [0.25, 0.3) is 0 Å². The Labute approximate surface area is 148 Å². The van der Waals surface area contributed by atoms with E-state index in [1.54, 1.807) is 30.3 Å². The van der Waals surface area contributed by atoms with E-state index >= 15 is 0 Å². The first kappa shape index (κ1) is 16.2. The number of aryl methyl sites for hydroxylation is 3. The molecule has 4 rings (SSSR count). The summed E-state index contributed by atoms with van der Waals surface area (Å²) in [5, 5.41) is 1.08. The summed E-state index contributed by atoms with van der Waals surface area (Å²) in [5.74, 6) is 0.360. The van der Waals surface area contributed by atoms with E-state index in [1.165, 1.54) is 30.5 Å². The van der Waals surface area contributed by atoms with Crippen LogP contribution in [0.15, 0.2) is 47.4 Å². The van der Waals surface area contributed by atoms with Gasteiger partial charge in [-0.2, -0.15) is 8.42 Å². The standard InChI is InChI=1S/C20H21NO3S/c1-14-7-10-16(11-8-14)25(22,23)24-15-9-12-20-18(13-15)17-5-3-2-4-6-19(17)21-20/h7-13,21H,2-6H2,1H3. The Morgan fingerprint density at radius 1 is 0.960 bits per heavy atom. The Bertz CT molecular complexity index is 1020. The number of nitrogens with one attached hydrogen (secondary N) is 1. The molecule has 130 valence electrons. The molecule has 1 aliphatic rings. The Kier molecular flexibility index (Phi) is 4.04. The summed E-state index contributed by atoms with van der Waals surface area (Å²) in [7, 11) is -3.82. The smallest absolute Gasteiger partial charge is 0.339 e. The lowest BCUT2D eigenvalue weighted by atomic mass is 10.1. The normalized spacial score (nSPS) is 14.9. The van der Waals surface area contributed by atoms with Crippen LogP contribution in [0.25, 0.3) is 10.9 Å². The van der Waals surface area contributed by atoms with Crippen LogP contribution < -0.4 is 4.18 Å². The first-order valence-electron chi connectivity index (χ1n) is 8.67. The number of benzene rings is 2. The van der Waals surface area contributed by atoms with Crippen molar-refractivity contribution < 1.29 is 12.6 Å². The summed E-state index contributed by atoms with van der Waals surface area (Å²) in [6, 6.07) is 12.2. The second kappa shape index (κ2) is 6.23. The number of rotatable bonds is 3. The summed E-state index contributed by atoms with van der Waals surface area (Å²) in [6.45, 7) is 1.92. The topological polar surface area (TPSA) is 59.2 Å². The van der Waals surface area contributed by atoms with Gasteiger partial charge in [0.1, 0.15) is 10.6 Å². The molecule has 1 aromatic heterocycles. The zero-order chi connectivity index (χ0) is 17.4. The molecule has 0 unspecified atom stereocenters. The van der Waals surface area contributed by atoms with Crippen molar-refractivity contribution in [3.63, 3.8) is 0 Å². The van der Waals surface area contributed by atoms with Crippen LogP contribution in [0.3, 0.4) is 0 Å². The van der Waals surface area contributed by atoms with E-state index in [-0.39, 0.29) is 4.90 Å². The Hall–Kier alpha value is -2.27. The molecule has 0 spiro atoms. The van der Waals surface area contributed by atoms with Crippen molar-refractivity contribution in [1.82, 2.24) is 4.98 Å². The monoisotopic (exact) mass is 355 g/mol. The molecule has 0 saturated heterocycles. The maximum absolute atomic E-state index is 12.5. The van der Waals surface area contributed by atoms with Crippen LogP contribution in [-0.2, 0) is 23.0 Å². The summed E-state index contributed by atoms with van der Waals surface area (Å²) in [6.07, 6.45) is 5.70. The lowest BCUT2D eigenvalue weighted by molar-refractivity contribution is 0.486. The van der Waals surface area contributed by atoms with Crippen molar-refractivity contribution in [2.45, 2.75) is 43.9 Å². The van der Waals surface area contributed by atoms with Crippen molar-refractivity contribution in [2.24, 2.45) is 0 Å². The average molecular weight is 355 g/mol. The zero-order valence-corrected chi connectivity index (χ0v) is 15.0. The van der Waals surface area contributed by atoms with Crippen LogP contribution in [-0.4, -0.2) is 13.4 Å². The largest absolute Gasteiger partial charge is 0.379 e. The summed E-state index contributed by atoms with van der Waals surface area (Å²) >= 11 is 0. The fourth-order valence-electron chi connectivity index (χ4n) is 3.49. The van der Waals surface area contributed by atoms with Gasteiger partial charge in [-0.3, -0.25) is 0 Å². The molecule has 1 N–H and O–H groups in total. The number of hydrogen-bond donors (Lipinski definition) is 1. The highest BCUT2D eigenvalue weighted by Crippen LogP contribution is 2.31. The molecule has 25 heavy (non-hydrogen) atoms. The highest BCUT2D eigenvalue weighted by molar-refractivity contribution is 7.87. The van der Waals surface area contributed by atoms with Gasteiger partial charge in [-0.1, -0.05) is 24.1 Å². The summed E-state index contributed by atoms with van der Waals surface area (Å²) in [5.41, 5.74) is 4.65. The predicted octanol–water partition coefficient (Wildman–Crippen LogP) is 4.51. The minimum atomic E-state index is -3.82. The molecule has 2 aromatic carbocycles. The first-order chi connectivity index (χ1) is 12.0. The highest BCUT2D eigenvalue weighted by atomic mass is 32.2. The summed E-state index contributed by atoms with van der Waals surface area (Å²) < 4.78 is 30.4. The number of aromatic nitrogens is 1. The van der Waals surface area contributed by atoms with Crippen LogP contribution in [0.5, 0.6) is 5.75 Å². The van der Waals surface area contributed by atoms with Crippen molar-refractivity contribution >= 4 is 21.0 Å². The Morgan fingerprint density at radius 2 is 1.72 bits per heavy atom. The van der Waals surface area contributed by atoms with Gasteiger partial charge in [-0.15, -0.1) is 0 Å². The Morgan fingerprint density at radius 3 is 2.52 bits per heavy atom. The van der Waals surface area contributed by atoms with Crippen LogP contribution in [0.4, 0.5) is 0 Å². The maximum atomic E-state index is 12.5. The molecule has 0 aliphatic heterocycles. The maximum Gasteiger partial charge on any atom is 0.339 e. The third-order valence-electron chi connectivity index (χ3n) is 4.84. The van der Waals surface area contributed by atoms with E-state index in [9.17, 15) is 8.42 Å². The van der Waals surface area contributed by atoms with Gasteiger partial charge in [-0.05, 0) is 68.5 Å². The van der Waals surface area contributed by atoms with Crippen LogP contribution in [0.1, 0.15) is 36.1 Å². The fourth-order valence-corrected chi connectivity index (χ4v) is 4.42. The number of aromatic amines is 1. The van der Waals surface area contributed by atoms with E-state index in [4.69, 9.17) is 4.18 Å². The van der Waals surface area contributed by atoms with Crippen LogP contribution in [0, 0.1) is 6.92 Å². The third-order valence-corrected chi connectivity index (χ3v) is 6.10. The van der Waals surface area contributed by atoms with Gasteiger partial charge >= 0.3 is 10.1 Å². The van der Waals surface area contributed by atoms with Crippen LogP contribution >= 0.6 is 0 Å². The van der Waals surface area contributed by atoms with Crippen molar-refractivity contribution in [2.75, 3.05) is 0 Å². The number of fused-ring (bicyclic) bond motifs is 3. The van der Waals surface area contributed by atoms with Crippen molar-refractivity contribution in [3.8, 4) is 5.75 Å². The van der Waals surface area contributed by atoms with Gasteiger partial charge in [0.05, 0.1) is 0 Å². The molecule has 1 aliphatic carbocycles. The van der Waals surface area contributed by atoms with Gasteiger partial charge < -0.3 is 9.17 Å². The SMILES string of the molecule is Cc1ccc(S(=O)(=O)Oc2ccc3[nH]c4c(c3c2)CCCCC4)cc1. The molecule has 3 aromatic rings. The Balaban J connectivity index is 1.70. The predicted molar refractivity (Wildman–Crippen MR) is 98.6 cm³/mol. The van der Waals surface area contributed by atoms with Crippen molar-refractivity contribution in [3.05, 3.63) is 59.3 Å². The molecule has 5 heteroatoms. The van der Waals surface area contributed by atoms with E-state index < -0.39 is 10.1 Å². The molecule has 0 fully saturated rings. The van der Waals surface area contributed by atoms with Crippen LogP contribution in [0.2, 0.25) is 0 Å². The number of hydrogen-bond acceptors (Lipinski definition) is 3. The second-order valence-electron chi connectivity index (χ2n) is 6.70. The summed E-state index contributed by atoms with van der Waals surface area (Å²) in [4.78, 5) is 3.65. The molecule has 4 nitrogen and oxygen atoms in total. The quantitative estimate of drug-likeness (QED) is 0.555. The second-order valence-corrected chi connectivity index (χ2v) is 8.25. The molecule has 0 amide bonds. The minimum Gasteiger partial charge on any atom is -0.379 e. The molecule has 0 bridgehead atoms. The minimum absolute atomic E-state index is 0.172. The zero-order valence-electron chi connectivity index (χ0n) is 14.2. The lowest BCUT2D eigenvalue weighted by Crippen LogP contribution is -2.09. The van der Waals surface area contributed by atoms with Crippen molar-refractivity contribution in [1.29, 1.82) is 0 Å². The molecule has 0 saturated carbocycles. The van der Waals surface area contributed by atoms with Gasteiger partial charge in [0, 0.05) is 16.6 Å². The third kappa shape index (κ3) is 3.16. The van der Waals surface area contributed by atoms with Gasteiger partial charge in [-0.25, -0.2) is 0 Å². The average Bonchev–Trinajstić information content (AvgIpc) is 2.76. The molecular weight excluding hydrogens is 334 g/mol. The van der Waals surface area contributed by atoms with Gasteiger partial charge in [0.15, 0.2) is 0 Å². The highest BCUT2D eigenvalue weighted by Gasteiger charge is 2.19. The fraction of sp³-hybridized carbons (Fsp3) is 0.300. The molecular formula is C20H21NO3S. The number of H-pyrrole nitrogens is 1. The lowest BCUT2D eigenvalue weighted by Gasteiger charge is -2.08. The van der Waals surface area contributed by atoms with E-state index in [0.29, 0.717) is 5.75 Å². The van der Waals surface area contributed by atoms with E-state index in [1.807, 2.05) is 19.1 Å². The van der Waals surface area contributed by atoms with E-state index in [2.05, 4.69) is 4.98 Å². The first-order valence-corrected chi connectivity index (χ1v) is 10.1. The molecule has 0 atom stereocenters. The molecule has 0 radical (unpaired) electrons. The molecule has 1 heterocycles.